The summed E-state index contributed by atoms with van der Waals surface area (Å²) in [6.45, 7) is 3.58. The highest BCUT2D eigenvalue weighted by molar-refractivity contribution is 8.00. The molecule has 0 aliphatic rings. The van der Waals surface area contributed by atoms with E-state index in [-0.39, 0.29) is 18.2 Å². The summed E-state index contributed by atoms with van der Waals surface area (Å²) in [5, 5.41) is 6.44. The van der Waals surface area contributed by atoms with Crippen molar-refractivity contribution in [1.29, 1.82) is 0 Å². The summed E-state index contributed by atoms with van der Waals surface area (Å²) in [5.74, 6) is -8.67. The van der Waals surface area contributed by atoms with Gasteiger partial charge in [0.15, 0.2) is 23.3 Å². The Labute approximate surface area is 255 Å². The van der Waals surface area contributed by atoms with Crippen LogP contribution in [0.1, 0.15) is 34.8 Å². The summed E-state index contributed by atoms with van der Waals surface area (Å²) >= 11 is 1.02. The molecule has 4 rings (SSSR count). The number of benzene rings is 4. The Morgan fingerprint density at radius 2 is 1.48 bits per heavy atom. The van der Waals surface area contributed by atoms with Gasteiger partial charge in [-0.15, -0.1) is 11.8 Å². The molecule has 0 spiro atoms. The molecule has 0 saturated carbocycles. The van der Waals surface area contributed by atoms with E-state index in [9.17, 15) is 31.9 Å². The molecule has 0 fully saturated rings. The second kappa shape index (κ2) is 14.5. The van der Waals surface area contributed by atoms with Gasteiger partial charge >= 0.3 is 0 Å². The van der Waals surface area contributed by atoms with Gasteiger partial charge < -0.3 is 16.0 Å². The summed E-state index contributed by atoms with van der Waals surface area (Å²) in [6.07, 6.45) is 1.74. The van der Waals surface area contributed by atoms with Gasteiger partial charge in [0.25, 0.3) is 11.8 Å². The van der Waals surface area contributed by atoms with Gasteiger partial charge in [0.1, 0.15) is 11.4 Å². The Kier molecular flexibility index (Phi) is 10.6. The zero-order valence-corrected chi connectivity index (χ0v) is 24.4. The number of anilines is 2. The van der Waals surface area contributed by atoms with Crippen LogP contribution in [0.2, 0.25) is 0 Å². The Bertz CT molecular complexity index is 1690. The van der Waals surface area contributed by atoms with Crippen LogP contribution in [0, 0.1) is 30.2 Å². The highest BCUT2D eigenvalue weighted by atomic mass is 32.2. The zero-order valence-electron chi connectivity index (χ0n) is 23.6. The molecule has 1 unspecified atom stereocenters. The molecule has 0 aliphatic carbocycles. The number of halogens is 4. The molecule has 11 heteroatoms. The van der Waals surface area contributed by atoms with E-state index in [0.717, 1.165) is 17.3 Å². The first-order chi connectivity index (χ1) is 21.0. The molecule has 4 aromatic rings. The highest BCUT2D eigenvalue weighted by Gasteiger charge is 2.25. The van der Waals surface area contributed by atoms with E-state index in [1.807, 2.05) is 24.4 Å². The Morgan fingerprint density at radius 3 is 2.11 bits per heavy atom. The summed E-state index contributed by atoms with van der Waals surface area (Å²) < 4.78 is 55.4. The lowest BCUT2D eigenvalue weighted by Crippen LogP contribution is -2.30. The molecule has 0 heterocycles. The first-order valence-electron chi connectivity index (χ1n) is 13.4. The van der Waals surface area contributed by atoms with Crippen molar-refractivity contribution < 1.29 is 31.9 Å². The van der Waals surface area contributed by atoms with Crippen LogP contribution in [0.5, 0.6) is 0 Å². The lowest BCUT2D eigenvalue weighted by molar-refractivity contribution is -0.116. The number of aryl methyl sites for hydroxylation is 1. The third-order valence-corrected chi connectivity index (χ3v) is 7.67. The average molecular weight is 622 g/mol. The number of rotatable bonds is 10. The Morgan fingerprint density at radius 1 is 0.818 bits per heavy atom. The number of carbonyl (C=O) groups excluding carboxylic acids is 3. The number of carbonyl (C=O) groups is 3. The first kappa shape index (κ1) is 32.0. The Hall–Kier alpha value is -4.90. The standard InChI is InChI=1S/C33H27F4N3O3S/c1-3-27(33(43)40-30-28(36)24(34)18-25(35)29(30)37)44-23-11-7-10-22(17-23)38-32(42)26(16-20-14-12-19(2)13-15-20)39-31(41)21-8-5-4-6-9-21/h4-18,27H,3H2,1-2H3,(H,38,42)(H,39,41)(H,40,43)/b26-16+. The minimum absolute atomic E-state index is 0.0158. The second-order valence-corrected chi connectivity index (χ2v) is 10.9. The molecule has 0 aliphatic heterocycles. The van der Waals surface area contributed by atoms with E-state index in [4.69, 9.17) is 0 Å². The van der Waals surface area contributed by atoms with Crippen molar-refractivity contribution in [2.24, 2.45) is 0 Å². The van der Waals surface area contributed by atoms with E-state index in [1.54, 1.807) is 79.7 Å². The fourth-order valence-electron chi connectivity index (χ4n) is 3.99. The Balaban J connectivity index is 1.52. The third kappa shape index (κ3) is 8.13. The van der Waals surface area contributed by atoms with Crippen LogP contribution in [-0.4, -0.2) is 23.0 Å². The molecule has 3 amide bonds. The van der Waals surface area contributed by atoms with E-state index in [0.29, 0.717) is 21.7 Å². The molecule has 3 N–H and O–H groups in total. The number of nitrogens with one attached hydrogen (secondary N) is 3. The van der Waals surface area contributed by atoms with Crippen molar-refractivity contribution in [3.8, 4) is 0 Å². The van der Waals surface area contributed by atoms with Crippen LogP contribution < -0.4 is 16.0 Å². The summed E-state index contributed by atoms with van der Waals surface area (Å²) in [4.78, 5) is 39.6. The van der Waals surface area contributed by atoms with Gasteiger partial charge in [-0.3, -0.25) is 14.4 Å². The summed E-state index contributed by atoms with van der Waals surface area (Å²) in [5.41, 5.74) is 1.17. The van der Waals surface area contributed by atoms with Gasteiger partial charge in [-0.05, 0) is 55.3 Å². The van der Waals surface area contributed by atoms with Gasteiger partial charge in [-0.1, -0.05) is 61.0 Å². The lowest BCUT2D eigenvalue weighted by Gasteiger charge is -2.17. The fraction of sp³-hybridized carbons (Fsp3) is 0.121. The van der Waals surface area contributed by atoms with Gasteiger partial charge in [0, 0.05) is 22.2 Å². The molecule has 0 bridgehead atoms. The van der Waals surface area contributed by atoms with Gasteiger partial charge in [-0.2, -0.15) is 0 Å². The number of thioether (sulfide) groups is 1. The predicted molar refractivity (Wildman–Crippen MR) is 163 cm³/mol. The van der Waals surface area contributed by atoms with Crippen LogP contribution in [0.25, 0.3) is 6.08 Å². The van der Waals surface area contributed by atoms with Crippen LogP contribution in [0.4, 0.5) is 28.9 Å². The maximum Gasteiger partial charge on any atom is 0.272 e. The van der Waals surface area contributed by atoms with Crippen molar-refractivity contribution >= 4 is 46.9 Å². The summed E-state index contributed by atoms with van der Waals surface area (Å²) in [7, 11) is 0. The molecular formula is C33H27F4N3O3S. The van der Waals surface area contributed by atoms with Crippen LogP contribution in [0.3, 0.4) is 0 Å². The first-order valence-corrected chi connectivity index (χ1v) is 14.3. The SMILES string of the molecule is CCC(Sc1cccc(NC(=O)/C(=C\c2ccc(C)cc2)NC(=O)c2ccccc2)c1)C(=O)Nc1c(F)c(F)cc(F)c1F. The number of amides is 3. The smallest absolute Gasteiger partial charge is 0.272 e. The molecular weight excluding hydrogens is 594 g/mol. The molecule has 6 nitrogen and oxygen atoms in total. The quantitative estimate of drug-likeness (QED) is 0.0742. The van der Waals surface area contributed by atoms with E-state index in [1.165, 1.54) is 0 Å². The lowest BCUT2D eigenvalue weighted by atomic mass is 10.1. The molecule has 44 heavy (non-hydrogen) atoms. The van der Waals surface area contributed by atoms with Crippen molar-refractivity contribution in [3.05, 3.63) is 131 Å². The molecule has 1 atom stereocenters. The van der Waals surface area contributed by atoms with Crippen molar-refractivity contribution in [3.63, 3.8) is 0 Å². The predicted octanol–water partition coefficient (Wildman–Crippen LogP) is 7.47. The minimum Gasteiger partial charge on any atom is -0.321 e. The van der Waals surface area contributed by atoms with E-state index >= 15 is 0 Å². The third-order valence-electron chi connectivity index (χ3n) is 6.31. The largest absolute Gasteiger partial charge is 0.321 e. The number of hydrogen-bond acceptors (Lipinski definition) is 4. The van der Waals surface area contributed by atoms with Crippen molar-refractivity contribution in [1.82, 2.24) is 5.32 Å². The maximum absolute atomic E-state index is 14.1. The maximum atomic E-state index is 14.1. The van der Waals surface area contributed by atoms with E-state index in [2.05, 4.69) is 10.6 Å². The second-order valence-electron chi connectivity index (χ2n) is 9.62. The van der Waals surface area contributed by atoms with E-state index < -0.39 is 51.9 Å². The van der Waals surface area contributed by atoms with Crippen LogP contribution >= 0.6 is 11.8 Å². The topological polar surface area (TPSA) is 87.3 Å². The zero-order chi connectivity index (χ0) is 31.8. The molecule has 0 radical (unpaired) electrons. The molecule has 0 saturated heterocycles. The average Bonchev–Trinajstić information content (AvgIpc) is 3.02. The van der Waals surface area contributed by atoms with Gasteiger partial charge in [0.05, 0.1) is 5.25 Å². The number of hydrogen-bond donors (Lipinski definition) is 3. The molecule has 4 aromatic carbocycles. The van der Waals surface area contributed by atoms with Gasteiger partial charge in [-0.25, -0.2) is 17.6 Å². The highest BCUT2D eigenvalue weighted by Crippen LogP contribution is 2.30. The molecule has 226 valence electrons. The van der Waals surface area contributed by atoms with Crippen LogP contribution in [0.15, 0.2) is 95.5 Å². The van der Waals surface area contributed by atoms with Crippen molar-refractivity contribution in [2.75, 3.05) is 10.6 Å². The van der Waals surface area contributed by atoms with Gasteiger partial charge in [0.2, 0.25) is 5.91 Å². The fourth-order valence-corrected chi connectivity index (χ4v) is 5.00. The summed E-state index contributed by atoms with van der Waals surface area (Å²) in [6, 6.07) is 22.3. The minimum atomic E-state index is -1.71. The molecule has 0 aromatic heterocycles. The van der Waals surface area contributed by atoms with Crippen molar-refractivity contribution in [2.45, 2.75) is 30.4 Å². The monoisotopic (exact) mass is 621 g/mol. The normalized spacial score (nSPS) is 11.9. The van der Waals surface area contributed by atoms with Crippen LogP contribution in [-0.2, 0) is 9.59 Å².